The highest BCUT2D eigenvalue weighted by atomic mass is 16.6. The van der Waals surface area contributed by atoms with Gasteiger partial charge in [0.2, 0.25) is 6.20 Å². The Morgan fingerprint density at radius 3 is 2.89 bits per heavy atom. The van der Waals surface area contributed by atoms with Crippen molar-refractivity contribution >= 4 is 11.0 Å². The molecule has 19 heavy (non-hydrogen) atoms. The Morgan fingerprint density at radius 1 is 1.37 bits per heavy atom. The molecule has 0 bridgehead atoms. The second-order valence-corrected chi connectivity index (χ2v) is 3.79. The Labute approximate surface area is 106 Å². The van der Waals surface area contributed by atoms with Crippen molar-refractivity contribution < 1.29 is 23.5 Å². The summed E-state index contributed by atoms with van der Waals surface area (Å²) in [7, 11) is 1.52. The first kappa shape index (κ1) is 11.3. The van der Waals surface area contributed by atoms with Crippen LogP contribution in [0.2, 0.25) is 0 Å². The lowest BCUT2D eigenvalue weighted by Crippen LogP contribution is -2.37. The van der Waals surface area contributed by atoms with E-state index in [1.165, 1.54) is 7.11 Å². The van der Waals surface area contributed by atoms with Crippen LogP contribution in [-0.4, -0.2) is 12.4 Å². The normalized spacial score (nSPS) is 10.8. The molecule has 3 aromatic rings. The Kier molecular flexibility index (Phi) is 2.45. The minimum absolute atomic E-state index is 0.100. The van der Waals surface area contributed by atoms with Gasteiger partial charge in [0.15, 0.2) is 0 Å². The van der Waals surface area contributed by atoms with Crippen LogP contribution in [0.3, 0.4) is 0 Å². The van der Waals surface area contributed by atoms with Gasteiger partial charge in [0, 0.05) is 17.5 Å². The van der Waals surface area contributed by atoms with Gasteiger partial charge >= 0.3 is 11.3 Å². The van der Waals surface area contributed by atoms with E-state index in [1.807, 2.05) is 0 Å². The first-order chi connectivity index (χ1) is 9.17. The maximum atomic E-state index is 11.8. The number of fused-ring (bicyclic) bond motifs is 1. The zero-order chi connectivity index (χ0) is 13.4. The second kappa shape index (κ2) is 4.13. The average molecular weight is 260 g/mol. The van der Waals surface area contributed by atoms with Gasteiger partial charge in [0.05, 0.1) is 12.4 Å². The van der Waals surface area contributed by atoms with Crippen LogP contribution in [0.5, 0.6) is 11.7 Å². The third-order valence-corrected chi connectivity index (χ3v) is 2.62. The lowest BCUT2D eigenvalue weighted by atomic mass is 10.2. The SMILES string of the molecule is COc1ccc2cc(-[n+]3cc([O-])on3)c(=O)oc2c1. The third kappa shape index (κ3) is 1.90. The molecule has 0 fully saturated rings. The molecule has 7 nitrogen and oxygen atoms in total. The quantitative estimate of drug-likeness (QED) is 0.480. The number of rotatable bonds is 2. The average Bonchev–Trinajstić information content (AvgIpc) is 2.83. The summed E-state index contributed by atoms with van der Waals surface area (Å²) in [6.07, 6.45) is 1.06. The van der Waals surface area contributed by atoms with Crippen LogP contribution in [0.15, 0.2) is 44.2 Å². The van der Waals surface area contributed by atoms with Crippen molar-refractivity contribution in [3.05, 3.63) is 40.9 Å². The topological polar surface area (TPSA) is 92.4 Å². The van der Waals surface area contributed by atoms with Crippen molar-refractivity contribution in [3.63, 3.8) is 0 Å². The molecule has 0 N–H and O–H groups in total. The number of hydrogen-bond donors (Lipinski definition) is 0. The van der Waals surface area contributed by atoms with Crippen molar-refractivity contribution in [2.75, 3.05) is 7.11 Å². The van der Waals surface area contributed by atoms with Crippen molar-refractivity contribution in [3.8, 4) is 17.4 Å². The van der Waals surface area contributed by atoms with Crippen LogP contribution in [0.25, 0.3) is 16.7 Å². The summed E-state index contributed by atoms with van der Waals surface area (Å²) in [6.45, 7) is 0. The molecule has 0 amide bonds. The molecule has 0 saturated heterocycles. The van der Waals surface area contributed by atoms with Gasteiger partial charge in [-0.05, 0) is 16.8 Å². The fraction of sp³-hybridized carbons (Fsp3) is 0.0833. The van der Waals surface area contributed by atoms with E-state index in [9.17, 15) is 9.90 Å². The van der Waals surface area contributed by atoms with Crippen molar-refractivity contribution in [1.29, 1.82) is 0 Å². The summed E-state index contributed by atoms with van der Waals surface area (Å²) in [5.74, 6) is -0.0615. The van der Waals surface area contributed by atoms with Gasteiger partial charge in [0.25, 0.3) is 0 Å². The van der Waals surface area contributed by atoms with Crippen LogP contribution in [0.1, 0.15) is 0 Å². The van der Waals surface area contributed by atoms with E-state index in [1.54, 1.807) is 24.3 Å². The molecule has 3 rings (SSSR count). The van der Waals surface area contributed by atoms with Crippen LogP contribution in [0.4, 0.5) is 0 Å². The summed E-state index contributed by atoms with van der Waals surface area (Å²) in [4.78, 5) is 11.8. The Balaban J connectivity index is 2.22. The number of aromatic nitrogens is 2. The van der Waals surface area contributed by atoms with Gasteiger partial charge in [-0.3, -0.25) is 0 Å². The van der Waals surface area contributed by atoms with Crippen LogP contribution in [-0.2, 0) is 0 Å². The Hall–Kier alpha value is -2.83. The maximum absolute atomic E-state index is 11.8. The summed E-state index contributed by atoms with van der Waals surface area (Å²) in [6, 6.07) is 6.63. The van der Waals surface area contributed by atoms with E-state index >= 15 is 0 Å². The molecular weight excluding hydrogens is 252 g/mol. The highest BCUT2D eigenvalue weighted by Crippen LogP contribution is 2.20. The molecule has 96 valence electrons. The zero-order valence-corrected chi connectivity index (χ0v) is 9.82. The molecule has 0 aliphatic rings. The number of nitrogens with zero attached hydrogens (tertiary/aromatic N) is 2. The molecule has 0 spiro atoms. The molecule has 2 aromatic heterocycles. The molecular formula is C12H8N2O5. The van der Waals surface area contributed by atoms with Gasteiger partial charge in [-0.1, -0.05) is 0 Å². The van der Waals surface area contributed by atoms with Gasteiger partial charge in [-0.25, -0.2) is 4.79 Å². The lowest BCUT2D eigenvalue weighted by molar-refractivity contribution is -0.671. The fourth-order valence-electron chi connectivity index (χ4n) is 1.71. The molecule has 7 heteroatoms. The fourth-order valence-corrected chi connectivity index (χ4v) is 1.71. The predicted molar refractivity (Wildman–Crippen MR) is 60.1 cm³/mol. The minimum atomic E-state index is -0.644. The molecule has 0 radical (unpaired) electrons. The van der Waals surface area contributed by atoms with Crippen LogP contribution < -0.4 is 20.2 Å². The van der Waals surface area contributed by atoms with E-state index in [0.717, 1.165) is 10.9 Å². The van der Waals surface area contributed by atoms with Crippen LogP contribution in [0, 0.1) is 0 Å². The Morgan fingerprint density at radius 2 is 2.21 bits per heavy atom. The molecule has 0 aliphatic heterocycles. The van der Waals surface area contributed by atoms with E-state index in [-0.39, 0.29) is 5.69 Å². The van der Waals surface area contributed by atoms with Gasteiger partial charge in [-0.15, -0.1) is 0 Å². The summed E-state index contributed by atoms with van der Waals surface area (Å²) < 4.78 is 15.6. The van der Waals surface area contributed by atoms with E-state index in [4.69, 9.17) is 9.15 Å². The van der Waals surface area contributed by atoms with E-state index in [2.05, 4.69) is 9.79 Å². The molecule has 0 aliphatic carbocycles. The monoisotopic (exact) mass is 260 g/mol. The predicted octanol–water partition coefficient (Wildman–Crippen LogP) is 0.140. The molecule has 0 saturated carbocycles. The van der Waals surface area contributed by atoms with Gasteiger partial charge < -0.3 is 18.8 Å². The van der Waals surface area contributed by atoms with E-state index in [0.29, 0.717) is 16.7 Å². The smallest absolute Gasteiger partial charge is 0.412 e. The highest BCUT2D eigenvalue weighted by molar-refractivity contribution is 5.79. The molecule has 0 atom stereocenters. The second-order valence-electron chi connectivity index (χ2n) is 3.79. The number of ether oxygens (including phenoxy) is 1. The van der Waals surface area contributed by atoms with Crippen molar-refractivity contribution in [1.82, 2.24) is 5.27 Å². The summed E-state index contributed by atoms with van der Waals surface area (Å²) >= 11 is 0. The first-order valence-electron chi connectivity index (χ1n) is 5.35. The van der Waals surface area contributed by atoms with Gasteiger partial charge in [-0.2, -0.15) is 0 Å². The zero-order valence-electron chi connectivity index (χ0n) is 9.82. The third-order valence-electron chi connectivity index (χ3n) is 2.62. The lowest BCUT2D eigenvalue weighted by Gasteiger charge is -2.00. The first-order valence-corrected chi connectivity index (χ1v) is 5.35. The number of benzene rings is 1. The Bertz CT molecular complexity index is 805. The van der Waals surface area contributed by atoms with E-state index < -0.39 is 11.6 Å². The minimum Gasteiger partial charge on any atom is -0.539 e. The molecule has 2 heterocycles. The standard InChI is InChI=1S/C12H8N2O5/c1-17-8-3-2-7-4-9(12(16)18-10(7)5-8)14-6-11(15)19-13-14/h2-6H,1H3. The van der Waals surface area contributed by atoms with Gasteiger partial charge in [0.1, 0.15) is 17.3 Å². The molecule has 1 aromatic carbocycles. The largest absolute Gasteiger partial charge is 0.539 e. The van der Waals surface area contributed by atoms with Crippen LogP contribution >= 0.6 is 0 Å². The molecule has 0 unspecified atom stereocenters. The summed E-state index contributed by atoms with van der Waals surface area (Å²) in [5.41, 5.74) is -0.137. The highest BCUT2D eigenvalue weighted by Gasteiger charge is 2.17. The van der Waals surface area contributed by atoms with Crippen molar-refractivity contribution in [2.45, 2.75) is 0 Å². The summed E-state index contributed by atoms with van der Waals surface area (Å²) in [5, 5.41) is 15.0. The number of hydrogen-bond acceptors (Lipinski definition) is 6. The number of methoxy groups -OCH3 is 1. The van der Waals surface area contributed by atoms with Crippen molar-refractivity contribution in [2.24, 2.45) is 0 Å². The maximum Gasteiger partial charge on any atom is 0.412 e.